The maximum atomic E-state index is 10.7. The van der Waals surface area contributed by atoms with Crippen molar-refractivity contribution in [1.29, 1.82) is 0 Å². The second-order valence-electron chi connectivity index (χ2n) is 8.09. The predicted molar refractivity (Wildman–Crippen MR) is 121 cm³/mol. The van der Waals surface area contributed by atoms with Crippen molar-refractivity contribution in [3.8, 4) is 11.1 Å². The molecule has 0 fully saturated rings. The van der Waals surface area contributed by atoms with Gasteiger partial charge in [0.25, 0.3) is 0 Å². The molecular weight excluding hydrogens is 368 g/mol. The fourth-order valence-corrected chi connectivity index (χ4v) is 4.02. The summed E-state index contributed by atoms with van der Waals surface area (Å²) in [4.78, 5) is 8.69. The number of hydrogen-bond acceptors (Lipinski definition) is 3. The molecule has 0 aliphatic heterocycles. The first-order valence-corrected chi connectivity index (χ1v) is 10.2. The highest BCUT2D eigenvalue weighted by atomic mass is 16.3. The van der Waals surface area contributed by atoms with Crippen LogP contribution in [0.25, 0.3) is 11.1 Å². The number of aromatic nitrogens is 2. The van der Waals surface area contributed by atoms with Crippen molar-refractivity contribution in [1.82, 2.24) is 9.97 Å². The molecule has 0 saturated heterocycles. The van der Waals surface area contributed by atoms with Crippen LogP contribution in [-0.2, 0) is 12.0 Å². The number of hydrogen-bond donors (Lipinski definition) is 1. The Bertz CT molecular complexity index is 1060. The quantitative estimate of drug-likeness (QED) is 0.453. The highest BCUT2D eigenvalue weighted by molar-refractivity contribution is 5.72. The molecule has 4 rings (SSSR count). The lowest BCUT2D eigenvalue weighted by atomic mass is 9.82. The summed E-state index contributed by atoms with van der Waals surface area (Å²) in [5.74, 6) is 0.142. The monoisotopic (exact) mass is 394 g/mol. The van der Waals surface area contributed by atoms with Crippen molar-refractivity contribution < 1.29 is 5.11 Å². The standard InChI is InChI=1S/C27H26N2O/c1-27(2,30)26-14-6-5-13-24(26)23-12-4-3-9-20(23)17-25(21-10-7-15-28-18-21)22-11-8-16-29-19-22/h3-16,18-19,25,30H,17H2,1-2H3. The van der Waals surface area contributed by atoms with E-state index in [1.165, 1.54) is 5.56 Å². The van der Waals surface area contributed by atoms with E-state index >= 15 is 0 Å². The number of pyridine rings is 2. The van der Waals surface area contributed by atoms with Gasteiger partial charge in [-0.25, -0.2) is 0 Å². The molecule has 30 heavy (non-hydrogen) atoms. The first kappa shape index (κ1) is 20.0. The molecule has 150 valence electrons. The van der Waals surface area contributed by atoms with E-state index in [0.29, 0.717) is 0 Å². The van der Waals surface area contributed by atoms with Gasteiger partial charge in [0.1, 0.15) is 0 Å². The molecule has 0 amide bonds. The molecule has 0 spiro atoms. The smallest absolute Gasteiger partial charge is 0.0846 e. The van der Waals surface area contributed by atoms with Crippen molar-refractivity contribution in [2.45, 2.75) is 31.8 Å². The van der Waals surface area contributed by atoms with Crippen LogP contribution in [0.4, 0.5) is 0 Å². The maximum absolute atomic E-state index is 10.7. The number of aliphatic hydroxyl groups is 1. The minimum Gasteiger partial charge on any atom is -0.386 e. The lowest BCUT2D eigenvalue weighted by molar-refractivity contribution is 0.0792. The molecule has 4 aromatic rings. The van der Waals surface area contributed by atoms with Gasteiger partial charge in [0, 0.05) is 30.7 Å². The van der Waals surface area contributed by atoms with E-state index in [-0.39, 0.29) is 5.92 Å². The minimum absolute atomic E-state index is 0.142. The zero-order valence-electron chi connectivity index (χ0n) is 17.4. The third-order valence-electron chi connectivity index (χ3n) is 5.49. The van der Waals surface area contributed by atoms with Crippen LogP contribution < -0.4 is 0 Å². The van der Waals surface area contributed by atoms with Gasteiger partial charge in [-0.05, 0) is 65.8 Å². The van der Waals surface area contributed by atoms with E-state index in [9.17, 15) is 5.11 Å². The maximum Gasteiger partial charge on any atom is 0.0846 e. The average Bonchev–Trinajstić information content (AvgIpc) is 2.78. The Labute approximate surface area is 178 Å². The number of benzene rings is 2. The summed E-state index contributed by atoms with van der Waals surface area (Å²) < 4.78 is 0. The highest BCUT2D eigenvalue weighted by Crippen LogP contribution is 2.36. The lowest BCUT2D eigenvalue weighted by Crippen LogP contribution is -2.17. The topological polar surface area (TPSA) is 46.0 Å². The highest BCUT2D eigenvalue weighted by Gasteiger charge is 2.23. The molecule has 2 aromatic carbocycles. The van der Waals surface area contributed by atoms with Gasteiger partial charge in [-0.15, -0.1) is 0 Å². The Kier molecular flexibility index (Phi) is 5.73. The van der Waals surface area contributed by atoms with Gasteiger partial charge in [-0.1, -0.05) is 60.7 Å². The summed E-state index contributed by atoms with van der Waals surface area (Å²) in [6.07, 6.45) is 8.29. The number of rotatable bonds is 6. The number of nitrogens with zero attached hydrogens (tertiary/aromatic N) is 2. The summed E-state index contributed by atoms with van der Waals surface area (Å²) in [7, 11) is 0. The fourth-order valence-electron chi connectivity index (χ4n) is 4.02. The third kappa shape index (κ3) is 4.32. The normalized spacial score (nSPS) is 11.6. The van der Waals surface area contributed by atoms with Crippen molar-refractivity contribution >= 4 is 0 Å². The van der Waals surface area contributed by atoms with E-state index < -0.39 is 5.60 Å². The summed E-state index contributed by atoms with van der Waals surface area (Å²) in [5.41, 5.74) is 5.77. The third-order valence-corrected chi connectivity index (χ3v) is 5.49. The minimum atomic E-state index is -0.921. The van der Waals surface area contributed by atoms with Gasteiger partial charge in [-0.3, -0.25) is 9.97 Å². The van der Waals surface area contributed by atoms with Crippen LogP contribution in [0.5, 0.6) is 0 Å². The molecule has 0 bridgehead atoms. The van der Waals surface area contributed by atoms with Crippen LogP contribution in [0.1, 0.15) is 42.0 Å². The zero-order chi connectivity index (χ0) is 21.0. The van der Waals surface area contributed by atoms with E-state index in [4.69, 9.17) is 0 Å². The largest absolute Gasteiger partial charge is 0.386 e. The van der Waals surface area contributed by atoms with Crippen molar-refractivity contribution in [3.05, 3.63) is 120 Å². The molecule has 3 nitrogen and oxygen atoms in total. The Hall–Kier alpha value is -3.30. The SMILES string of the molecule is CC(C)(O)c1ccccc1-c1ccccc1CC(c1cccnc1)c1cccnc1. The molecule has 3 heteroatoms. The van der Waals surface area contributed by atoms with Crippen LogP contribution in [0.3, 0.4) is 0 Å². The molecule has 0 radical (unpaired) electrons. The van der Waals surface area contributed by atoms with Crippen molar-refractivity contribution in [3.63, 3.8) is 0 Å². The van der Waals surface area contributed by atoms with Crippen molar-refractivity contribution in [2.75, 3.05) is 0 Å². The lowest BCUT2D eigenvalue weighted by Gasteiger charge is -2.24. The van der Waals surface area contributed by atoms with Gasteiger partial charge >= 0.3 is 0 Å². The van der Waals surface area contributed by atoms with Crippen LogP contribution in [0, 0.1) is 0 Å². The van der Waals surface area contributed by atoms with Gasteiger partial charge < -0.3 is 5.11 Å². The summed E-state index contributed by atoms with van der Waals surface area (Å²) in [6.45, 7) is 3.67. The van der Waals surface area contributed by atoms with Gasteiger partial charge in [0.05, 0.1) is 5.60 Å². The van der Waals surface area contributed by atoms with Crippen LogP contribution >= 0.6 is 0 Å². The van der Waals surface area contributed by atoms with Crippen LogP contribution in [0.2, 0.25) is 0 Å². The predicted octanol–water partition coefficient (Wildman–Crippen LogP) is 5.75. The van der Waals surface area contributed by atoms with Gasteiger partial charge in [-0.2, -0.15) is 0 Å². The summed E-state index contributed by atoms with van der Waals surface area (Å²) in [6, 6.07) is 24.8. The Morgan fingerprint density at radius 1 is 0.733 bits per heavy atom. The first-order valence-electron chi connectivity index (χ1n) is 10.2. The van der Waals surface area contributed by atoms with Gasteiger partial charge in [0.2, 0.25) is 0 Å². The Balaban J connectivity index is 1.81. The summed E-state index contributed by atoms with van der Waals surface area (Å²) >= 11 is 0. The summed E-state index contributed by atoms with van der Waals surface area (Å²) in [5, 5.41) is 10.7. The van der Waals surface area contributed by atoms with E-state index in [0.717, 1.165) is 34.2 Å². The van der Waals surface area contributed by atoms with Crippen LogP contribution in [-0.4, -0.2) is 15.1 Å². The Morgan fingerprint density at radius 2 is 1.30 bits per heavy atom. The van der Waals surface area contributed by atoms with E-state index in [1.807, 2.05) is 56.6 Å². The van der Waals surface area contributed by atoms with Gasteiger partial charge in [0.15, 0.2) is 0 Å². The molecule has 0 atom stereocenters. The van der Waals surface area contributed by atoms with E-state index in [1.54, 1.807) is 12.4 Å². The van der Waals surface area contributed by atoms with Crippen LogP contribution in [0.15, 0.2) is 97.6 Å². The molecule has 1 N–H and O–H groups in total. The Morgan fingerprint density at radius 3 is 1.87 bits per heavy atom. The fraction of sp³-hybridized carbons (Fsp3) is 0.185. The second kappa shape index (κ2) is 8.60. The molecular formula is C27H26N2O. The second-order valence-corrected chi connectivity index (χ2v) is 8.09. The zero-order valence-corrected chi connectivity index (χ0v) is 17.4. The average molecular weight is 395 g/mol. The van der Waals surface area contributed by atoms with Crippen molar-refractivity contribution in [2.24, 2.45) is 0 Å². The molecule has 0 aliphatic carbocycles. The molecule has 0 saturated carbocycles. The van der Waals surface area contributed by atoms with E-state index in [2.05, 4.69) is 52.4 Å². The molecule has 2 heterocycles. The molecule has 0 unspecified atom stereocenters. The first-order chi connectivity index (χ1) is 14.5. The molecule has 0 aliphatic rings. The molecule has 2 aromatic heterocycles.